The van der Waals surface area contributed by atoms with Gasteiger partial charge in [0.15, 0.2) is 9.84 Å². The zero-order valence-electron chi connectivity index (χ0n) is 17.2. The van der Waals surface area contributed by atoms with Crippen LogP contribution in [0.4, 0.5) is 14.5 Å². The molecule has 4 aromatic rings. The monoisotopic (exact) mass is 454 g/mol. The van der Waals surface area contributed by atoms with E-state index in [1.54, 1.807) is 36.4 Å². The highest BCUT2D eigenvalue weighted by Crippen LogP contribution is 2.29. The van der Waals surface area contributed by atoms with Crippen molar-refractivity contribution in [2.45, 2.75) is 24.1 Å². The van der Waals surface area contributed by atoms with E-state index < -0.39 is 27.4 Å². The first-order valence-corrected chi connectivity index (χ1v) is 11.5. The number of nitrogens with one attached hydrogen (secondary N) is 1. The average molecular weight is 454 g/mol. The van der Waals surface area contributed by atoms with Gasteiger partial charge in [0, 0.05) is 23.2 Å². The first-order chi connectivity index (χ1) is 15.2. The summed E-state index contributed by atoms with van der Waals surface area (Å²) in [4.78, 5) is 12.6. The normalized spacial score (nSPS) is 11.6. The number of nitrogens with zero attached hydrogens (tertiary/aromatic N) is 1. The number of rotatable bonds is 6. The Balaban J connectivity index is 1.65. The number of aryl methyl sites for hydroxylation is 1. The minimum Gasteiger partial charge on any atom is -0.337 e. The molecule has 8 heteroatoms. The molecule has 5 nitrogen and oxygen atoms in total. The molecular weight excluding hydrogens is 434 g/mol. The first kappa shape index (κ1) is 21.7. The topological polar surface area (TPSA) is 68.2 Å². The van der Waals surface area contributed by atoms with Crippen molar-refractivity contribution in [3.63, 3.8) is 0 Å². The van der Waals surface area contributed by atoms with Crippen molar-refractivity contribution in [1.29, 1.82) is 0 Å². The lowest BCUT2D eigenvalue weighted by Crippen LogP contribution is -2.19. The number of hydrogen-bond acceptors (Lipinski definition) is 3. The highest BCUT2D eigenvalue weighted by atomic mass is 32.2. The Hall–Kier alpha value is -3.52. The summed E-state index contributed by atoms with van der Waals surface area (Å²) in [6, 6.07) is 17.0. The Morgan fingerprint density at radius 2 is 1.72 bits per heavy atom. The Morgan fingerprint density at radius 3 is 2.47 bits per heavy atom. The summed E-state index contributed by atoms with van der Waals surface area (Å²) >= 11 is 0. The first-order valence-electron chi connectivity index (χ1n) is 9.84. The van der Waals surface area contributed by atoms with Crippen molar-refractivity contribution in [3.05, 3.63) is 95.7 Å². The highest BCUT2D eigenvalue weighted by molar-refractivity contribution is 7.90. The molecule has 0 saturated heterocycles. The summed E-state index contributed by atoms with van der Waals surface area (Å²) in [5.74, 6) is -2.38. The van der Waals surface area contributed by atoms with Crippen LogP contribution in [0.2, 0.25) is 0 Å². The van der Waals surface area contributed by atoms with Crippen LogP contribution in [0.3, 0.4) is 0 Å². The van der Waals surface area contributed by atoms with Crippen LogP contribution in [-0.2, 0) is 26.9 Å². The van der Waals surface area contributed by atoms with Gasteiger partial charge in [-0.25, -0.2) is 17.2 Å². The summed E-state index contributed by atoms with van der Waals surface area (Å²) < 4.78 is 54.9. The van der Waals surface area contributed by atoms with Crippen LogP contribution in [-0.4, -0.2) is 18.9 Å². The fraction of sp³-hybridized carbons (Fsp3) is 0.125. The Bertz CT molecular complexity index is 1430. The SMILES string of the molecule is Cc1ccccc1CS(=O)(=O)c1cn(CC(=O)Nc2ccc(F)cc2F)c2ccccc12. The molecule has 1 amide bonds. The van der Waals surface area contributed by atoms with E-state index in [2.05, 4.69) is 5.32 Å². The van der Waals surface area contributed by atoms with Crippen LogP contribution in [0.25, 0.3) is 10.9 Å². The van der Waals surface area contributed by atoms with E-state index in [0.717, 1.165) is 17.7 Å². The number of para-hydroxylation sites is 1. The van der Waals surface area contributed by atoms with Crippen LogP contribution in [0, 0.1) is 18.6 Å². The van der Waals surface area contributed by atoms with Gasteiger partial charge in [-0.2, -0.15) is 0 Å². The number of benzene rings is 3. The second-order valence-corrected chi connectivity index (χ2v) is 9.45. The number of aromatic nitrogens is 1. The molecule has 1 N–H and O–H groups in total. The molecule has 0 unspecified atom stereocenters. The summed E-state index contributed by atoms with van der Waals surface area (Å²) in [6.07, 6.45) is 1.43. The molecule has 1 heterocycles. The van der Waals surface area contributed by atoms with E-state index in [1.165, 1.54) is 10.8 Å². The molecule has 0 aliphatic carbocycles. The van der Waals surface area contributed by atoms with Gasteiger partial charge >= 0.3 is 0 Å². The van der Waals surface area contributed by atoms with E-state index in [0.29, 0.717) is 22.5 Å². The lowest BCUT2D eigenvalue weighted by atomic mass is 10.1. The second kappa shape index (κ2) is 8.55. The van der Waals surface area contributed by atoms with E-state index in [1.807, 2.05) is 19.1 Å². The number of carbonyl (C=O) groups excluding carboxylic acids is 1. The molecule has 32 heavy (non-hydrogen) atoms. The molecule has 3 aromatic carbocycles. The largest absolute Gasteiger partial charge is 0.337 e. The molecule has 0 fully saturated rings. The molecule has 0 bridgehead atoms. The average Bonchev–Trinajstić information content (AvgIpc) is 3.11. The van der Waals surface area contributed by atoms with Crippen LogP contribution in [0.15, 0.2) is 77.8 Å². The quantitative estimate of drug-likeness (QED) is 0.453. The molecular formula is C24H20F2N2O3S. The third kappa shape index (κ3) is 4.40. The number of amides is 1. The molecule has 0 spiro atoms. The maximum Gasteiger partial charge on any atom is 0.244 e. The lowest BCUT2D eigenvalue weighted by molar-refractivity contribution is -0.116. The van der Waals surface area contributed by atoms with Crippen molar-refractivity contribution >= 4 is 32.3 Å². The number of anilines is 1. The number of sulfone groups is 1. The fourth-order valence-corrected chi connectivity index (χ4v) is 5.27. The standard InChI is InChI=1S/C24H20F2N2O3S/c1-16-6-2-3-7-17(16)15-32(30,31)23-13-28(22-9-5-4-8-19(22)23)14-24(29)27-21-11-10-18(25)12-20(21)26/h2-13H,14-15H2,1H3,(H,27,29). The van der Waals surface area contributed by atoms with E-state index in [-0.39, 0.29) is 22.9 Å². The van der Waals surface area contributed by atoms with E-state index in [4.69, 9.17) is 0 Å². The van der Waals surface area contributed by atoms with Gasteiger partial charge in [-0.1, -0.05) is 42.5 Å². The summed E-state index contributed by atoms with van der Waals surface area (Å²) in [7, 11) is -3.70. The smallest absolute Gasteiger partial charge is 0.244 e. The minimum absolute atomic E-state index is 0.122. The third-order valence-corrected chi connectivity index (χ3v) is 6.90. The van der Waals surface area contributed by atoms with Crippen molar-refractivity contribution in [2.24, 2.45) is 0 Å². The van der Waals surface area contributed by atoms with Crippen molar-refractivity contribution in [1.82, 2.24) is 4.57 Å². The van der Waals surface area contributed by atoms with Crippen LogP contribution < -0.4 is 5.32 Å². The molecule has 4 rings (SSSR count). The Labute approximate surface area is 184 Å². The Morgan fingerprint density at radius 1 is 1.00 bits per heavy atom. The van der Waals surface area contributed by atoms with Crippen molar-refractivity contribution in [3.8, 4) is 0 Å². The molecule has 164 valence electrons. The molecule has 0 aliphatic rings. The predicted octanol–water partition coefficient (Wildman–Crippen LogP) is 4.84. The molecule has 0 saturated carbocycles. The van der Waals surface area contributed by atoms with Gasteiger partial charge in [0.2, 0.25) is 5.91 Å². The predicted molar refractivity (Wildman–Crippen MR) is 119 cm³/mol. The Kier molecular flexibility index (Phi) is 5.80. The van der Waals surface area contributed by atoms with Crippen LogP contribution in [0.1, 0.15) is 11.1 Å². The molecule has 1 aromatic heterocycles. The summed E-state index contributed by atoms with van der Waals surface area (Å²) in [6.45, 7) is 1.62. The summed E-state index contributed by atoms with van der Waals surface area (Å²) in [5, 5.41) is 2.90. The maximum absolute atomic E-state index is 13.9. The van der Waals surface area contributed by atoms with Gasteiger partial charge in [-0.05, 0) is 36.2 Å². The molecule has 0 atom stereocenters. The minimum atomic E-state index is -3.70. The van der Waals surface area contributed by atoms with E-state index >= 15 is 0 Å². The fourth-order valence-electron chi connectivity index (χ4n) is 3.58. The van der Waals surface area contributed by atoms with Gasteiger partial charge in [-0.15, -0.1) is 0 Å². The van der Waals surface area contributed by atoms with Gasteiger partial charge in [0.1, 0.15) is 18.2 Å². The van der Waals surface area contributed by atoms with E-state index in [9.17, 15) is 22.0 Å². The molecule has 0 radical (unpaired) electrons. The van der Waals surface area contributed by atoms with Crippen LogP contribution in [0.5, 0.6) is 0 Å². The number of carbonyl (C=O) groups is 1. The lowest BCUT2D eigenvalue weighted by Gasteiger charge is -2.08. The molecule has 0 aliphatic heterocycles. The van der Waals surface area contributed by atoms with Crippen molar-refractivity contribution < 1.29 is 22.0 Å². The van der Waals surface area contributed by atoms with Crippen LogP contribution >= 0.6 is 0 Å². The van der Waals surface area contributed by atoms with Crippen molar-refractivity contribution in [2.75, 3.05) is 5.32 Å². The highest BCUT2D eigenvalue weighted by Gasteiger charge is 2.23. The summed E-state index contributed by atoms with van der Waals surface area (Å²) in [5.41, 5.74) is 1.99. The maximum atomic E-state index is 13.9. The second-order valence-electron chi connectivity index (χ2n) is 7.50. The third-order valence-electron chi connectivity index (χ3n) is 5.21. The van der Waals surface area contributed by atoms with Gasteiger partial charge in [-0.3, -0.25) is 4.79 Å². The number of hydrogen-bond donors (Lipinski definition) is 1. The van der Waals surface area contributed by atoms with Gasteiger partial charge in [0.05, 0.1) is 16.3 Å². The van der Waals surface area contributed by atoms with Gasteiger partial charge in [0.25, 0.3) is 0 Å². The van der Waals surface area contributed by atoms with Gasteiger partial charge < -0.3 is 9.88 Å². The zero-order chi connectivity index (χ0) is 22.9. The zero-order valence-corrected chi connectivity index (χ0v) is 18.0. The number of halogens is 2. The number of fused-ring (bicyclic) bond motifs is 1.